The number of urea groups is 1. The summed E-state index contributed by atoms with van der Waals surface area (Å²) in [6.07, 6.45) is 0.806. The Kier molecular flexibility index (Phi) is 5.90. The fourth-order valence-electron chi connectivity index (χ4n) is 3.41. The molecule has 6 nitrogen and oxygen atoms in total. The first-order valence-electron chi connectivity index (χ1n) is 9.70. The number of carbonyl (C=O) groups excluding carboxylic acids is 2. The van der Waals surface area contributed by atoms with Gasteiger partial charge in [-0.15, -0.1) is 0 Å². The van der Waals surface area contributed by atoms with Crippen LogP contribution in [0.2, 0.25) is 0 Å². The minimum Gasteiger partial charge on any atom is -0.352 e. The van der Waals surface area contributed by atoms with Crippen LogP contribution in [0.5, 0.6) is 0 Å². The van der Waals surface area contributed by atoms with Crippen LogP contribution in [0, 0.1) is 0 Å². The molecule has 0 fully saturated rings. The van der Waals surface area contributed by atoms with Crippen LogP contribution in [-0.2, 0) is 0 Å². The molecule has 0 unspecified atom stereocenters. The number of anilines is 3. The number of fused-ring (bicyclic) bond motifs is 2. The Morgan fingerprint density at radius 3 is 2.07 bits per heavy atom. The van der Waals surface area contributed by atoms with Crippen molar-refractivity contribution in [1.82, 2.24) is 5.32 Å². The number of rotatable bonds is 6. The van der Waals surface area contributed by atoms with E-state index in [9.17, 15) is 9.59 Å². The summed E-state index contributed by atoms with van der Waals surface area (Å²) in [6.45, 7) is 1.37. The minimum atomic E-state index is -0.633. The second-order valence-corrected chi connectivity index (χ2v) is 7.95. The van der Waals surface area contributed by atoms with Gasteiger partial charge < -0.3 is 21.3 Å². The van der Waals surface area contributed by atoms with Crippen molar-refractivity contribution in [3.8, 4) is 0 Å². The number of primary amides is 1. The molecule has 3 aromatic carbocycles. The molecule has 0 bridgehead atoms. The van der Waals surface area contributed by atoms with Crippen LogP contribution in [0.25, 0.3) is 0 Å². The van der Waals surface area contributed by atoms with Gasteiger partial charge in [0.25, 0.3) is 5.91 Å². The molecule has 30 heavy (non-hydrogen) atoms. The van der Waals surface area contributed by atoms with Crippen molar-refractivity contribution in [1.29, 1.82) is 0 Å². The molecule has 0 radical (unpaired) electrons. The van der Waals surface area contributed by atoms with Crippen molar-refractivity contribution < 1.29 is 9.59 Å². The van der Waals surface area contributed by atoms with Crippen LogP contribution in [-0.4, -0.2) is 25.0 Å². The summed E-state index contributed by atoms with van der Waals surface area (Å²) in [7, 11) is 0. The number of nitrogens with two attached hydrogens (primary N) is 1. The lowest BCUT2D eigenvalue weighted by Crippen LogP contribution is -2.29. The Morgan fingerprint density at radius 2 is 1.47 bits per heavy atom. The summed E-state index contributed by atoms with van der Waals surface area (Å²) < 4.78 is 0. The molecule has 4 rings (SSSR count). The Hall–Kier alpha value is -3.45. The molecule has 3 aromatic rings. The number of nitrogens with one attached hydrogen (secondary N) is 2. The van der Waals surface area contributed by atoms with Gasteiger partial charge in [0.2, 0.25) is 0 Å². The van der Waals surface area contributed by atoms with Gasteiger partial charge in [-0.3, -0.25) is 4.79 Å². The molecule has 0 aliphatic carbocycles. The topological polar surface area (TPSA) is 87.5 Å². The van der Waals surface area contributed by atoms with Gasteiger partial charge in [-0.05, 0) is 55.0 Å². The van der Waals surface area contributed by atoms with Crippen molar-refractivity contribution in [2.24, 2.45) is 5.73 Å². The minimum absolute atomic E-state index is 0.143. The average molecular weight is 419 g/mol. The first kappa shape index (κ1) is 19.8. The molecule has 0 saturated heterocycles. The maximum absolute atomic E-state index is 12.4. The van der Waals surface area contributed by atoms with E-state index < -0.39 is 6.03 Å². The van der Waals surface area contributed by atoms with Crippen molar-refractivity contribution >= 4 is 40.8 Å². The highest BCUT2D eigenvalue weighted by Crippen LogP contribution is 2.47. The van der Waals surface area contributed by atoms with E-state index in [0.717, 1.165) is 13.0 Å². The number of hydrogen-bond donors (Lipinski definition) is 3. The molecule has 0 spiro atoms. The molecule has 0 atom stereocenters. The number of amides is 3. The van der Waals surface area contributed by atoms with Crippen LogP contribution >= 0.6 is 11.8 Å². The lowest BCUT2D eigenvalue weighted by molar-refractivity contribution is 0.0953. The zero-order valence-corrected chi connectivity index (χ0v) is 17.1. The summed E-state index contributed by atoms with van der Waals surface area (Å²) in [5.74, 6) is -0.143. The van der Waals surface area contributed by atoms with Crippen molar-refractivity contribution in [3.05, 3.63) is 78.4 Å². The van der Waals surface area contributed by atoms with E-state index in [1.54, 1.807) is 36.0 Å². The lowest BCUT2D eigenvalue weighted by atomic mass is 10.2. The van der Waals surface area contributed by atoms with Gasteiger partial charge in [-0.1, -0.05) is 36.0 Å². The van der Waals surface area contributed by atoms with Crippen LogP contribution < -0.4 is 21.3 Å². The van der Waals surface area contributed by atoms with Gasteiger partial charge in [0.15, 0.2) is 0 Å². The fourth-order valence-corrected chi connectivity index (χ4v) is 4.51. The predicted octanol–water partition coefficient (Wildman–Crippen LogP) is 4.60. The largest absolute Gasteiger partial charge is 0.352 e. The second kappa shape index (κ2) is 8.92. The second-order valence-electron chi connectivity index (χ2n) is 6.87. The van der Waals surface area contributed by atoms with E-state index in [4.69, 9.17) is 5.73 Å². The summed E-state index contributed by atoms with van der Waals surface area (Å²) in [4.78, 5) is 28.1. The van der Waals surface area contributed by atoms with Crippen LogP contribution in [0.3, 0.4) is 0 Å². The summed E-state index contributed by atoms with van der Waals surface area (Å²) in [5.41, 5.74) is 8.58. The Labute approximate surface area is 179 Å². The Bertz CT molecular complexity index is 1020. The van der Waals surface area contributed by atoms with Gasteiger partial charge in [0, 0.05) is 34.1 Å². The predicted molar refractivity (Wildman–Crippen MR) is 121 cm³/mol. The van der Waals surface area contributed by atoms with E-state index in [1.165, 1.54) is 21.2 Å². The van der Waals surface area contributed by atoms with Gasteiger partial charge in [-0.25, -0.2) is 4.79 Å². The van der Waals surface area contributed by atoms with Gasteiger partial charge in [0.1, 0.15) is 0 Å². The number of nitrogens with zero attached hydrogens (tertiary/aromatic N) is 1. The van der Waals surface area contributed by atoms with E-state index >= 15 is 0 Å². The zero-order chi connectivity index (χ0) is 20.9. The van der Waals surface area contributed by atoms with Crippen molar-refractivity contribution in [2.45, 2.75) is 16.2 Å². The normalized spacial score (nSPS) is 11.9. The smallest absolute Gasteiger partial charge is 0.316 e. The third kappa shape index (κ3) is 4.41. The maximum Gasteiger partial charge on any atom is 0.316 e. The summed E-state index contributed by atoms with van der Waals surface area (Å²) in [5, 5.41) is 5.44. The van der Waals surface area contributed by atoms with Crippen LogP contribution in [0.1, 0.15) is 16.8 Å². The molecular weight excluding hydrogens is 396 g/mol. The lowest BCUT2D eigenvalue weighted by Gasteiger charge is -2.32. The molecule has 1 heterocycles. The third-order valence-electron chi connectivity index (χ3n) is 4.79. The summed E-state index contributed by atoms with van der Waals surface area (Å²) in [6, 6.07) is 22.8. The van der Waals surface area contributed by atoms with Gasteiger partial charge >= 0.3 is 6.03 Å². The number of para-hydroxylation sites is 2. The van der Waals surface area contributed by atoms with Gasteiger partial charge in [-0.2, -0.15) is 0 Å². The molecule has 0 aromatic heterocycles. The SMILES string of the molecule is NC(=O)Nc1ccc(C(=O)NCCCN2c3ccccc3Sc3ccccc32)cc1. The standard InChI is InChI=1S/C23H22N4O2S/c24-23(29)26-17-12-10-16(11-13-17)22(28)25-14-5-15-27-18-6-1-3-8-20(18)30-21-9-4-2-7-19(21)27/h1-4,6-13H,5,14-15H2,(H,25,28)(H3,24,26,29). The Morgan fingerprint density at radius 1 is 0.867 bits per heavy atom. The molecule has 3 amide bonds. The monoisotopic (exact) mass is 418 g/mol. The summed E-state index contributed by atoms with van der Waals surface area (Å²) >= 11 is 1.79. The maximum atomic E-state index is 12.4. The molecule has 1 aliphatic rings. The zero-order valence-electron chi connectivity index (χ0n) is 16.3. The number of hydrogen-bond acceptors (Lipinski definition) is 4. The third-order valence-corrected chi connectivity index (χ3v) is 5.92. The molecule has 152 valence electrons. The number of benzene rings is 3. The fraction of sp³-hybridized carbons (Fsp3) is 0.130. The van der Waals surface area contributed by atoms with E-state index in [2.05, 4.69) is 64.1 Å². The highest BCUT2D eigenvalue weighted by Gasteiger charge is 2.22. The molecule has 7 heteroatoms. The molecule has 4 N–H and O–H groups in total. The Balaban J connectivity index is 1.36. The van der Waals surface area contributed by atoms with Gasteiger partial charge in [0.05, 0.1) is 11.4 Å². The first-order chi connectivity index (χ1) is 14.6. The highest BCUT2D eigenvalue weighted by atomic mass is 32.2. The molecular formula is C23H22N4O2S. The van der Waals surface area contributed by atoms with E-state index in [-0.39, 0.29) is 5.91 Å². The molecule has 0 saturated carbocycles. The number of carbonyl (C=O) groups is 2. The average Bonchev–Trinajstić information content (AvgIpc) is 2.76. The van der Waals surface area contributed by atoms with E-state index in [0.29, 0.717) is 17.8 Å². The van der Waals surface area contributed by atoms with Crippen molar-refractivity contribution in [3.63, 3.8) is 0 Å². The molecule has 1 aliphatic heterocycles. The van der Waals surface area contributed by atoms with Crippen molar-refractivity contribution in [2.75, 3.05) is 23.3 Å². The quantitative estimate of drug-likeness (QED) is 0.511. The van der Waals surface area contributed by atoms with Crippen LogP contribution in [0.4, 0.5) is 21.9 Å². The van der Waals surface area contributed by atoms with E-state index in [1.807, 2.05) is 0 Å². The highest BCUT2D eigenvalue weighted by molar-refractivity contribution is 7.99. The van der Waals surface area contributed by atoms with Crippen LogP contribution in [0.15, 0.2) is 82.6 Å². The first-order valence-corrected chi connectivity index (χ1v) is 10.5.